The number of benzene rings is 2. The number of fused-ring (bicyclic) bond motifs is 2. The molecule has 9 heteroatoms. The van der Waals surface area contributed by atoms with Crippen LogP contribution in [0.5, 0.6) is 0 Å². The van der Waals surface area contributed by atoms with Gasteiger partial charge in [-0.25, -0.2) is 9.67 Å². The van der Waals surface area contributed by atoms with Crippen molar-refractivity contribution < 1.29 is 9.59 Å². The highest BCUT2D eigenvalue weighted by Crippen LogP contribution is 2.25. The third kappa shape index (κ3) is 3.15. The molecule has 0 aliphatic carbocycles. The highest BCUT2D eigenvalue weighted by molar-refractivity contribution is 7.22. The van der Waals surface area contributed by atoms with E-state index in [0.29, 0.717) is 10.5 Å². The maximum Gasteiger partial charge on any atom is 0.275 e. The summed E-state index contributed by atoms with van der Waals surface area (Å²) in [5.74, 6) is -1.25. The van der Waals surface area contributed by atoms with Gasteiger partial charge in [-0.1, -0.05) is 41.7 Å². The first kappa shape index (κ1) is 16.9. The van der Waals surface area contributed by atoms with E-state index in [1.807, 2.05) is 24.3 Å². The number of thiazole rings is 1. The van der Waals surface area contributed by atoms with Crippen LogP contribution in [0.3, 0.4) is 0 Å². The number of hydrogen-bond donors (Lipinski definition) is 2. The molecule has 2 aromatic carbocycles. The average Bonchev–Trinajstić information content (AvgIpc) is 3.06. The minimum atomic E-state index is -0.772. The standard InChI is InChI=1S/C18H13N5O3S/c19-16(25)15-10-5-1-2-6-11(10)17(26)23(22-15)9-14(24)21-18-20-12-7-3-4-8-13(12)27-18/h1-8H,9H2,(H2,19,25)(H,20,21,24). The molecule has 0 saturated carbocycles. The maximum atomic E-state index is 12.6. The molecule has 0 fully saturated rings. The highest BCUT2D eigenvalue weighted by Gasteiger charge is 2.16. The lowest BCUT2D eigenvalue weighted by Gasteiger charge is -2.08. The van der Waals surface area contributed by atoms with Gasteiger partial charge in [0.2, 0.25) is 5.91 Å². The summed E-state index contributed by atoms with van der Waals surface area (Å²) in [5.41, 5.74) is 5.61. The summed E-state index contributed by atoms with van der Waals surface area (Å²) in [6.45, 7) is -0.361. The number of anilines is 1. The molecule has 0 atom stereocenters. The van der Waals surface area contributed by atoms with Gasteiger partial charge >= 0.3 is 0 Å². The number of carbonyl (C=O) groups is 2. The Labute approximate surface area is 156 Å². The van der Waals surface area contributed by atoms with Crippen LogP contribution in [0.4, 0.5) is 5.13 Å². The topological polar surface area (TPSA) is 120 Å². The Hall–Kier alpha value is -3.59. The molecule has 0 saturated heterocycles. The van der Waals surface area contributed by atoms with E-state index in [9.17, 15) is 14.4 Å². The number of nitrogens with zero attached hydrogens (tertiary/aromatic N) is 3. The first-order valence-electron chi connectivity index (χ1n) is 7.98. The number of primary amides is 1. The third-order valence-electron chi connectivity index (χ3n) is 3.93. The zero-order chi connectivity index (χ0) is 19.0. The lowest BCUT2D eigenvalue weighted by Crippen LogP contribution is -2.32. The van der Waals surface area contributed by atoms with Gasteiger partial charge in [0.1, 0.15) is 6.54 Å². The third-order valence-corrected chi connectivity index (χ3v) is 4.89. The lowest BCUT2D eigenvalue weighted by molar-refractivity contribution is -0.117. The number of carbonyl (C=O) groups excluding carboxylic acids is 2. The van der Waals surface area contributed by atoms with Gasteiger partial charge in [-0.15, -0.1) is 0 Å². The van der Waals surface area contributed by atoms with E-state index < -0.39 is 17.4 Å². The van der Waals surface area contributed by atoms with Crippen LogP contribution >= 0.6 is 11.3 Å². The van der Waals surface area contributed by atoms with Crippen LogP contribution in [0.2, 0.25) is 0 Å². The van der Waals surface area contributed by atoms with Crippen molar-refractivity contribution in [3.8, 4) is 0 Å². The number of hydrogen-bond acceptors (Lipinski definition) is 6. The van der Waals surface area contributed by atoms with Crippen molar-refractivity contribution in [2.45, 2.75) is 6.54 Å². The molecular formula is C18H13N5O3S. The van der Waals surface area contributed by atoms with Crippen molar-refractivity contribution in [3.05, 3.63) is 64.6 Å². The number of nitrogens with two attached hydrogens (primary N) is 1. The van der Waals surface area contributed by atoms with E-state index in [1.165, 1.54) is 11.3 Å². The second-order valence-electron chi connectivity index (χ2n) is 5.76. The Morgan fingerprint density at radius 1 is 1.07 bits per heavy atom. The van der Waals surface area contributed by atoms with Crippen molar-refractivity contribution in [1.82, 2.24) is 14.8 Å². The van der Waals surface area contributed by atoms with E-state index in [1.54, 1.807) is 24.3 Å². The number of para-hydroxylation sites is 1. The summed E-state index contributed by atoms with van der Waals surface area (Å²) in [6.07, 6.45) is 0. The van der Waals surface area contributed by atoms with Crippen molar-refractivity contribution in [2.24, 2.45) is 5.73 Å². The van der Waals surface area contributed by atoms with E-state index in [2.05, 4.69) is 15.4 Å². The van der Waals surface area contributed by atoms with Crippen LogP contribution < -0.4 is 16.6 Å². The quantitative estimate of drug-likeness (QED) is 0.560. The molecule has 27 heavy (non-hydrogen) atoms. The smallest absolute Gasteiger partial charge is 0.275 e. The summed E-state index contributed by atoms with van der Waals surface area (Å²) < 4.78 is 1.87. The molecule has 4 aromatic rings. The summed E-state index contributed by atoms with van der Waals surface area (Å²) in [6, 6.07) is 14.0. The fourth-order valence-electron chi connectivity index (χ4n) is 2.74. The first-order valence-corrected chi connectivity index (χ1v) is 8.79. The minimum absolute atomic E-state index is 0.0574. The van der Waals surface area contributed by atoms with Crippen molar-refractivity contribution in [3.63, 3.8) is 0 Å². The molecule has 8 nitrogen and oxygen atoms in total. The Balaban J connectivity index is 1.66. The molecule has 0 radical (unpaired) electrons. The van der Waals surface area contributed by atoms with Crippen molar-refractivity contribution in [2.75, 3.05) is 5.32 Å². The number of amides is 2. The molecule has 0 bridgehead atoms. The van der Waals surface area contributed by atoms with Crippen LogP contribution in [0.1, 0.15) is 10.5 Å². The van der Waals surface area contributed by atoms with Gasteiger partial charge in [-0.05, 0) is 18.2 Å². The molecule has 0 aliphatic rings. The Bertz CT molecular complexity index is 1230. The minimum Gasteiger partial charge on any atom is -0.364 e. The van der Waals surface area contributed by atoms with Gasteiger partial charge in [-0.3, -0.25) is 14.4 Å². The Morgan fingerprint density at radius 2 is 1.78 bits per heavy atom. The van der Waals surface area contributed by atoms with Crippen LogP contribution in [-0.4, -0.2) is 26.6 Å². The van der Waals surface area contributed by atoms with Gasteiger partial charge in [0.25, 0.3) is 11.5 Å². The summed E-state index contributed by atoms with van der Waals surface area (Å²) in [4.78, 5) is 41.0. The van der Waals surface area contributed by atoms with Gasteiger partial charge in [-0.2, -0.15) is 5.10 Å². The Kier molecular flexibility index (Phi) is 4.13. The second kappa shape index (κ2) is 6.61. The molecule has 2 heterocycles. The molecule has 3 N–H and O–H groups in total. The molecule has 0 unspecified atom stereocenters. The number of aromatic nitrogens is 3. The van der Waals surface area contributed by atoms with Crippen LogP contribution in [0.25, 0.3) is 21.0 Å². The molecule has 0 spiro atoms. The van der Waals surface area contributed by atoms with Crippen LogP contribution in [0, 0.1) is 0 Å². The van der Waals surface area contributed by atoms with Crippen LogP contribution in [-0.2, 0) is 11.3 Å². The van der Waals surface area contributed by atoms with E-state index in [0.717, 1.165) is 14.9 Å². The molecule has 2 aromatic heterocycles. The molecule has 2 amide bonds. The largest absolute Gasteiger partial charge is 0.364 e. The van der Waals surface area contributed by atoms with Crippen LogP contribution in [0.15, 0.2) is 53.3 Å². The van der Waals surface area contributed by atoms with E-state index in [4.69, 9.17) is 5.73 Å². The molecule has 0 aliphatic heterocycles. The zero-order valence-corrected chi connectivity index (χ0v) is 14.7. The average molecular weight is 379 g/mol. The summed E-state index contributed by atoms with van der Waals surface area (Å²) in [5, 5.41) is 7.69. The van der Waals surface area contributed by atoms with Crippen molar-refractivity contribution >= 4 is 49.3 Å². The van der Waals surface area contributed by atoms with Gasteiger partial charge in [0, 0.05) is 5.39 Å². The molecular weight excluding hydrogens is 366 g/mol. The van der Waals surface area contributed by atoms with Gasteiger partial charge < -0.3 is 11.1 Å². The monoisotopic (exact) mass is 379 g/mol. The van der Waals surface area contributed by atoms with Gasteiger partial charge in [0.05, 0.1) is 15.6 Å². The molecule has 134 valence electrons. The zero-order valence-electron chi connectivity index (χ0n) is 13.9. The predicted octanol–water partition coefficient (Wildman–Crippen LogP) is 1.74. The fourth-order valence-corrected chi connectivity index (χ4v) is 3.63. The first-order chi connectivity index (χ1) is 13.0. The summed E-state index contributed by atoms with van der Waals surface area (Å²) in [7, 11) is 0. The fraction of sp³-hybridized carbons (Fsp3) is 0.0556. The second-order valence-corrected chi connectivity index (χ2v) is 6.79. The highest BCUT2D eigenvalue weighted by atomic mass is 32.1. The van der Waals surface area contributed by atoms with Gasteiger partial charge in [0.15, 0.2) is 10.8 Å². The SMILES string of the molecule is NC(=O)c1nn(CC(=O)Nc2nc3ccccc3s2)c(=O)c2ccccc12. The summed E-state index contributed by atoms with van der Waals surface area (Å²) >= 11 is 1.33. The lowest BCUT2D eigenvalue weighted by atomic mass is 10.1. The van der Waals surface area contributed by atoms with E-state index in [-0.39, 0.29) is 17.6 Å². The molecule has 4 rings (SSSR count). The number of nitrogens with one attached hydrogen (secondary N) is 1. The maximum absolute atomic E-state index is 12.6. The van der Waals surface area contributed by atoms with Crippen molar-refractivity contribution in [1.29, 1.82) is 0 Å². The Morgan fingerprint density at radius 3 is 2.52 bits per heavy atom. The predicted molar refractivity (Wildman–Crippen MR) is 103 cm³/mol. The normalized spacial score (nSPS) is 11.0. The van der Waals surface area contributed by atoms with E-state index >= 15 is 0 Å². The number of rotatable bonds is 4.